The Kier molecular flexibility index (Phi) is 3.34. The minimum atomic E-state index is 0.322. The third kappa shape index (κ3) is 2.23. The summed E-state index contributed by atoms with van der Waals surface area (Å²) in [6.07, 6.45) is 1.08. The average Bonchev–Trinajstić information content (AvgIpc) is 2.67. The van der Waals surface area contributed by atoms with Crippen molar-refractivity contribution in [2.75, 3.05) is 13.1 Å². The number of halogens is 2. The summed E-state index contributed by atoms with van der Waals surface area (Å²) in [4.78, 5) is 2.31. The molecule has 5 heteroatoms. The van der Waals surface area contributed by atoms with E-state index in [1.54, 1.807) is 0 Å². The van der Waals surface area contributed by atoms with Gasteiger partial charge in [0.1, 0.15) is 4.34 Å². The van der Waals surface area contributed by atoms with E-state index < -0.39 is 0 Å². The lowest BCUT2D eigenvalue weighted by Crippen LogP contribution is -2.26. The second-order valence-electron chi connectivity index (χ2n) is 3.63. The van der Waals surface area contributed by atoms with Gasteiger partial charge in [-0.15, -0.1) is 11.3 Å². The summed E-state index contributed by atoms with van der Waals surface area (Å²) in [6.45, 7) is 2.89. The maximum absolute atomic E-state index is 6.04. The molecule has 78 valence electrons. The number of likely N-dealkylation sites (tertiary alicyclic amines) is 1. The Hall–Kier alpha value is 0.200. The van der Waals surface area contributed by atoms with Crippen molar-refractivity contribution in [1.29, 1.82) is 0 Å². The summed E-state index contributed by atoms with van der Waals surface area (Å²) in [5, 5.41) is 2.73. The standard InChI is InChI=1S/C9H12Cl2N2S/c10-8-6(5-14-9(8)11)3-13-2-1-7(12)4-13/h5,7H,1-4,12H2/t7-/m0/s1. The van der Waals surface area contributed by atoms with Crippen molar-refractivity contribution in [3.8, 4) is 0 Å². The van der Waals surface area contributed by atoms with Gasteiger partial charge in [0.05, 0.1) is 5.02 Å². The second-order valence-corrected chi connectivity index (χ2v) is 5.49. The Labute approximate surface area is 97.6 Å². The van der Waals surface area contributed by atoms with Gasteiger partial charge in [-0.3, -0.25) is 4.90 Å². The van der Waals surface area contributed by atoms with Gasteiger partial charge in [-0.25, -0.2) is 0 Å². The highest BCUT2D eigenvalue weighted by atomic mass is 35.5. The summed E-state index contributed by atoms with van der Waals surface area (Å²) < 4.78 is 0.685. The second kappa shape index (κ2) is 4.37. The first-order valence-electron chi connectivity index (χ1n) is 4.56. The van der Waals surface area contributed by atoms with Crippen LogP contribution in [0.25, 0.3) is 0 Å². The highest BCUT2D eigenvalue weighted by Gasteiger charge is 2.20. The smallest absolute Gasteiger partial charge is 0.112 e. The lowest BCUT2D eigenvalue weighted by molar-refractivity contribution is 0.327. The van der Waals surface area contributed by atoms with Crippen molar-refractivity contribution in [3.63, 3.8) is 0 Å². The van der Waals surface area contributed by atoms with Crippen molar-refractivity contribution >= 4 is 34.5 Å². The van der Waals surface area contributed by atoms with E-state index in [2.05, 4.69) is 4.90 Å². The normalized spacial score (nSPS) is 23.2. The van der Waals surface area contributed by atoms with Crippen LogP contribution in [0, 0.1) is 0 Å². The third-order valence-electron chi connectivity index (χ3n) is 2.46. The third-order valence-corrected chi connectivity index (χ3v) is 4.37. The molecule has 1 fully saturated rings. The topological polar surface area (TPSA) is 29.3 Å². The quantitative estimate of drug-likeness (QED) is 0.875. The number of rotatable bonds is 2. The van der Waals surface area contributed by atoms with Gasteiger partial charge >= 0.3 is 0 Å². The highest BCUT2D eigenvalue weighted by Crippen LogP contribution is 2.33. The predicted octanol–water partition coefficient (Wildman–Crippen LogP) is 2.59. The predicted molar refractivity (Wildman–Crippen MR) is 62.2 cm³/mol. The summed E-state index contributed by atoms with van der Waals surface area (Å²) in [5.74, 6) is 0. The van der Waals surface area contributed by atoms with Crippen LogP contribution < -0.4 is 5.73 Å². The molecule has 0 aromatic carbocycles. The lowest BCUT2D eigenvalue weighted by Gasteiger charge is -2.14. The first-order valence-corrected chi connectivity index (χ1v) is 6.19. The van der Waals surface area contributed by atoms with E-state index in [0.29, 0.717) is 15.4 Å². The van der Waals surface area contributed by atoms with Gasteiger partial charge in [0.25, 0.3) is 0 Å². The molecule has 1 aromatic rings. The van der Waals surface area contributed by atoms with Gasteiger partial charge in [-0.05, 0) is 17.4 Å². The fraction of sp³-hybridized carbons (Fsp3) is 0.556. The van der Waals surface area contributed by atoms with E-state index in [1.807, 2.05) is 5.38 Å². The van der Waals surface area contributed by atoms with Crippen molar-refractivity contribution in [1.82, 2.24) is 4.90 Å². The maximum Gasteiger partial charge on any atom is 0.112 e. The van der Waals surface area contributed by atoms with Crippen LogP contribution in [0.2, 0.25) is 9.36 Å². The molecule has 1 atom stereocenters. The molecular weight excluding hydrogens is 239 g/mol. The Balaban J connectivity index is 2.01. The van der Waals surface area contributed by atoms with Gasteiger partial charge in [0.15, 0.2) is 0 Å². The molecule has 2 N–H and O–H groups in total. The van der Waals surface area contributed by atoms with Crippen LogP contribution in [0.3, 0.4) is 0 Å². The molecule has 0 radical (unpaired) electrons. The van der Waals surface area contributed by atoms with Crippen molar-refractivity contribution in [2.45, 2.75) is 19.0 Å². The molecule has 1 aliphatic heterocycles. The minimum Gasteiger partial charge on any atom is -0.326 e. The molecule has 1 aliphatic rings. The molecule has 1 aromatic heterocycles. The highest BCUT2D eigenvalue weighted by molar-refractivity contribution is 7.15. The van der Waals surface area contributed by atoms with Crippen molar-refractivity contribution in [3.05, 3.63) is 20.3 Å². The molecule has 2 rings (SSSR count). The Morgan fingerprint density at radius 2 is 2.36 bits per heavy atom. The number of hydrogen-bond donors (Lipinski definition) is 1. The van der Waals surface area contributed by atoms with Gasteiger partial charge in [0, 0.05) is 25.7 Å². The van der Waals surface area contributed by atoms with Crippen LogP contribution in [0.4, 0.5) is 0 Å². The molecular formula is C9H12Cl2N2S. The summed E-state index contributed by atoms with van der Waals surface area (Å²) >= 11 is 13.4. The largest absolute Gasteiger partial charge is 0.326 e. The average molecular weight is 251 g/mol. The number of nitrogens with zero attached hydrogens (tertiary/aromatic N) is 1. The minimum absolute atomic E-state index is 0.322. The molecule has 0 aliphatic carbocycles. The molecule has 0 amide bonds. The number of nitrogens with two attached hydrogens (primary N) is 1. The van der Waals surface area contributed by atoms with Crippen molar-refractivity contribution < 1.29 is 0 Å². The van der Waals surface area contributed by atoms with E-state index in [0.717, 1.165) is 31.6 Å². The van der Waals surface area contributed by atoms with E-state index in [9.17, 15) is 0 Å². The zero-order chi connectivity index (χ0) is 10.1. The van der Waals surface area contributed by atoms with Crippen LogP contribution in [0.15, 0.2) is 5.38 Å². The zero-order valence-electron chi connectivity index (χ0n) is 7.67. The van der Waals surface area contributed by atoms with Crippen LogP contribution in [0.1, 0.15) is 12.0 Å². The van der Waals surface area contributed by atoms with Gasteiger partial charge < -0.3 is 5.73 Å². The molecule has 2 nitrogen and oxygen atoms in total. The van der Waals surface area contributed by atoms with E-state index in [1.165, 1.54) is 11.3 Å². The van der Waals surface area contributed by atoms with Crippen LogP contribution in [-0.4, -0.2) is 24.0 Å². The Bertz CT molecular complexity index is 327. The molecule has 0 unspecified atom stereocenters. The van der Waals surface area contributed by atoms with E-state index in [4.69, 9.17) is 28.9 Å². The molecule has 14 heavy (non-hydrogen) atoms. The fourth-order valence-corrected chi connectivity index (χ4v) is 2.95. The van der Waals surface area contributed by atoms with E-state index >= 15 is 0 Å². The summed E-state index contributed by atoms with van der Waals surface area (Å²) in [5.41, 5.74) is 6.95. The monoisotopic (exact) mass is 250 g/mol. The van der Waals surface area contributed by atoms with E-state index in [-0.39, 0.29) is 0 Å². The maximum atomic E-state index is 6.04. The fourth-order valence-electron chi connectivity index (χ4n) is 1.71. The SMILES string of the molecule is N[C@H]1CCN(Cc2csc(Cl)c2Cl)C1. The summed E-state index contributed by atoms with van der Waals surface area (Å²) in [6, 6.07) is 0.322. The Morgan fingerprint density at radius 3 is 2.86 bits per heavy atom. The van der Waals surface area contributed by atoms with Gasteiger partial charge in [0.2, 0.25) is 0 Å². The van der Waals surface area contributed by atoms with Gasteiger partial charge in [-0.1, -0.05) is 23.2 Å². The van der Waals surface area contributed by atoms with Gasteiger partial charge in [-0.2, -0.15) is 0 Å². The lowest BCUT2D eigenvalue weighted by atomic mass is 10.3. The van der Waals surface area contributed by atoms with Crippen LogP contribution in [0.5, 0.6) is 0 Å². The zero-order valence-corrected chi connectivity index (χ0v) is 10.0. The molecule has 1 saturated heterocycles. The van der Waals surface area contributed by atoms with Crippen LogP contribution in [-0.2, 0) is 6.54 Å². The molecule has 0 spiro atoms. The molecule has 0 saturated carbocycles. The number of hydrogen-bond acceptors (Lipinski definition) is 3. The first kappa shape index (κ1) is 10.7. The summed E-state index contributed by atoms with van der Waals surface area (Å²) in [7, 11) is 0. The Morgan fingerprint density at radius 1 is 1.57 bits per heavy atom. The number of thiophene rings is 1. The van der Waals surface area contributed by atoms with Crippen LogP contribution >= 0.6 is 34.5 Å². The van der Waals surface area contributed by atoms with Crippen molar-refractivity contribution in [2.24, 2.45) is 5.73 Å². The molecule has 0 bridgehead atoms. The first-order chi connectivity index (χ1) is 6.66. The molecule has 2 heterocycles.